The SMILES string of the molecule is COC(=O)C(C)(C)COC(=O)ON1C(=O)CCC1=O. The minimum atomic E-state index is -1.22. The Balaban J connectivity index is 2.46. The molecule has 0 atom stereocenters. The molecule has 1 fully saturated rings. The van der Waals surface area contributed by atoms with Gasteiger partial charge in [0.25, 0.3) is 11.8 Å². The molecule has 0 spiro atoms. The number of carbonyl (C=O) groups excluding carboxylic acids is 4. The van der Waals surface area contributed by atoms with Crippen molar-refractivity contribution in [2.75, 3.05) is 13.7 Å². The summed E-state index contributed by atoms with van der Waals surface area (Å²) in [4.78, 5) is 49.4. The Morgan fingerprint density at radius 1 is 1.21 bits per heavy atom. The molecular weight excluding hydrogens is 258 g/mol. The van der Waals surface area contributed by atoms with Crippen molar-refractivity contribution >= 4 is 23.9 Å². The van der Waals surface area contributed by atoms with Crippen LogP contribution in [-0.4, -0.2) is 42.7 Å². The average molecular weight is 273 g/mol. The van der Waals surface area contributed by atoms with Gasteiger partial charge in [-0.3, -0.25) is 19.2 Å². The Hall–Kier alpha value is -2.12. The molecule has 8 heteroatoms. The number of nitrogens with zero attached hydrogens (tertiary/aromatic N) is 1. The van der Waals surface area contributed by atoms with E-state index in [0.717, 1.165) is 0 Å². The van der Waals surface area contributed by atoms with E-state index in [4.69, 9.17) is 0 Å². The average Bonchev–Trinajstić information content (AvgIpc) is 2.67. The molecule has 0 unspecified atom stereocenters. The standard InChI is InChI=1S/C11H15NO7/c1-11(2,9(15)17-3)6-18-10(16)19-12-7(13)4-5-8(12)14/h4-6H2,1-3H3. The van der Waals surface area contributed by atoms with Crippen LogP contribution in [0.5, 0.6) is 0 Å². The Labute approximate surface area is 109 Å². The zero-order valence-electron chi connectivity index (χ0n) is 10.9. The highest BCUT2D eigenvalue weighted by molar-refractivity contribution is 6.01. The van der Waals surface area contributed by atoms with Crippen molar-refractivity contribution in [2.24, 2.45) is 5.41 Å². The molecule has 106 valence electrons. The summed E-state index contributed by atoms with van der Waals surface area (Å²) < 4.78 is 9.21. The predicted octanol–water partition coefficient (Wildman–Crippen LogP) is 0.403. The number of esters is 1. The number of hydrogen-bond donors (Lipinski definition) is 0. The molecule has 1 aliphatic heterocycles. The van der Waals surface area contributed by atoms with Gasteiger partial charge >= 0.3 is 12.1 Å². The van der Waals surface area contributed by atoms with Gasteiger partial charge in [-0.05, 0) is 13.8 Å². The number of amides is 2. The molecule has 0 bridgehead atoms. The van der Waals surface area contributed by atoms with Crippen molar-refractivity contribution in [2.45, 2.75) is 26.7 Å². The molecule has 8 nitrogen and oxygen atoms in total. The number of hydroxylamine groups is 2. The molecule has 19 heavy (non-hydrogen) atoms. The van der Waals surface area contributed by atoms with Crippen LogP contribution < -0.4 is 0 Å². The minimum absolute atomic E-state index is 0.000231. The minimum Gasteiger partial charge on any atom is -0.469 e. The zero-order chi connectivity index (χ0) is 14.6. The number of imide groups is 1. The highest BCUT2D eigenvalue weighted by atomic mass is 16.8. The summed E-state index contributed by atoms with van der Waals surface area (Å²) >= 11 is 0. The first-order valence-electron chi connectivity index (χ1n) is 5.57. The molecule has 1 heterocycles. The number of methoxy groups -OCH3 is 1. The van der Waals surface area contributed by atoms with E-state index in [9.17, 15) is 19.2 Å². The molecule has 0 aromatic rings. The van der Waals surface area contributed by atoms with Gasteiger partial charge in [0, 0.05) is 12.8 Å². The normalized spacial score (nSPS) is 15.4. The van der Waals surface area contributed by atoms with Crippen LogP contribution in [-0.2, 0) is 28.7 Å². The smallest absolute Gasteiger partial charge is 0.469 e. The summed E-state index contributed by atoms with van der Waals surface area (Å²) in [5.41, 5.74) is -1.05. The number of hydrogen-bond acceptors (Lipinski definition) is 7. The van der Waals surface area contributed by atoms with E-state index in [2.05, 4.69) is 14.3 Å². The fraction of sp³-hybridized carbons (Fsp3) is 0.636. The monoisotopic (exact) mass is 273 g/mol. The van der Waals surface area contributed by atoms with E-state index in [1.54, 1.807) is 0 Å². The number of ether oxygens (including phenoxy) is 2. The Bertz CT molecular complexity index is 399. The van der Waals surface area contributed by atoms with Crippen molar-refractivity contribution in [3.8, 4) is 0 Å². The summed E-state index contributed by atoms with van der Waals surface area (Å²) in [5, 5.41) is 0.369. The second-order valence-electron chi connectivity index (χ2n) is 4.59. The highest BCUT2D eigenvalue weighted by Crippen LogP contribution is 2.18. The van der Waals surface area contributed by atoms with Crippen LogP contribution >= 0.6 is 0 Å². The van der Waals surface area contributed by atoms with Gasteiger partial charge in [-0.25, -0.2) is 4.79 Å². The maximum atomic E-state index is 11.3. The van der Waals surface area contributed by atoms with Crippen LogP contribution in [0.1, 0.15) is 26.7 Å². The van der Waals surface area contributed by atoms with Crippen molar-refractivity contribution in [3.05, 3.63) is 0 Å². The largest absolute Gasteiger partial charge is 0.533 e. The van der Waals surface area contributed by atoms with Gasteiger partial charge in [0.05, 0.1) is 12.5 Å². The van der Waals surface area contributed by atoms with Gasteiger partial charge in [0.15, 0.2) is 0 Å². The topological polar surface area (TPSA) is 99.2 Å². The summed E-state index contributed by atoms with van der Waals surface area (Å²) in [6, 6.07) is 0. The lowest BCUT2D eigenvalue weighted by Crippen LogP contribution is -2.35. The van der Waals surface area contributed by atoms with Gasteiger partial charge in [-0.1, -0.05) is 5.06 Å². The first kappa shape index (κ1) is 14.9. The molecule has 1 saturated heterocycles. The third kappa shape index (κ3) is 3.67. The summed E-state index contributed by atoms with van der Waals surface area (Å²) in [6.07, 6.45) is -1.22. The predicted molar refractivity (Wildman–Crippen MR) is 59.3 cm³/mol. The lowest BCUT2D eigenvalue weighted by atomic mass is 9.95. The van der Waals surface area contributed by atoms with Crippen molar-refractivity contribution in [1.29, 1.82) is 0 Å². The number of rotatable bonds is 4. The van der Waals surface area contributed by atoms with Crippen LogP contribution in [0.15, 0.2) is 0 Å². The molecule has 0 radical (unpaired) electrons. The zero-order valence-corrected chi connectivity index (χ0v) is 10.9. The van der Waals surface area contributed by atoms with Gasteiger partial charge < -0.3 is 9.47 Å². The molecule has 0 aromatic heterocycles. The van der Waals surface area contributed by atoms with Crippen molar-refractivity contribution in [1.82, 2.24) is 5.06 Å². The third-order valence-electron chi connectivity index (χ3n) is 2.46. The summed E-state index contributed by atoms with van der Waals surface area (Å²) in [6.45, 7) is 2.73. The van der Waals surface area contributed by atoms with Gasteiger partial charge in [0.2, 0.25) is 0 Å². The first-order chi connectivity index (χ1) is 8.77. The van der Waals surface area contributed by atoms with Gasteiger partial charge in [0.1, 0.15) is 6.61 Å². The van der Waals surface area contributed by atoms with E-state index in [-0.39, 0.29) is 19.4 Å². The molecule has 2 amide bonds. The molecule has 1 rings (SSSR count). The van der Waals surface area contributed by atoms with Crippen LogP contribution in [0.25, 0.3) is 0 Å². The van der Waals surface area contributed by atoms with Crippen molar-refractivity contribution < 1.29 is 33.5 Å². The van der Waals surface area contributed by atoms with Crippen LogP contribution in [0.2, 0.25) is 0 Å². The van der Waals surface area contributed by atoms with Crippen LogP contribution in [0, 0.1) is 5.41 Å². The van der Waals surface area contributed by atoms with E-state index >= 15 is 0 Å². The maximum Gasteiger partial charge on any atom is 0.533 e. The molecule has 1 aliphatic rings. The fourth-order valence-electron chi connectivity index (χ4n) is 1.33. The van der Waals surface area contributed by atoms with Crippen LogP contribution in [0.4, 0.5) is 4.79 Å². The van der Waals surface area contributed by atoms with E-state index in [0.29, 0.717) is 5.06 Å². The van der Waals surface area contributed by atoms with Crippen molar-refractivity contribution in [3.63, 3.8) is 0 Å². The Kier molecular flexibility index (Phi) is 4.47. The molecule has 0 aliphatic carbocycles. The van der Waals surface area contributed by atoms with E-state index in [1.807, 2.05) is 0 Å². The summed E-state index contributed by atoms with van der Waals surface area (Å²) in [7, 11) is 1.21. The first-order valence-corrected chi connectivity index (χ1v) is 5.57. The van der Waals surface area contributed by atoms with E-state index in [1.165, 1.54) is 21.0 Å². The second-order valence-corrected chi connectivity index (χ2v) is 4.59. The van der Waals surface area contributed by atoms with E-state index < -0.39 is 29.4 Å². The lowest BCUT2D eigenvalue weighted by molar-refractivity contribution is -0.179. The molecule has 0 saturated carbocycles. The maximum absolute atomic E-state index is 11.3. The van der Waals surface area contributed by atoms with Gasteiger partial charge in [-0.2, -0.15) is 0 Å². The lowest BCUT2D eigenvalue weighted by Gasteiger charge is -2.21. The van der Waals surface area contributed by atoms with Gasteiger partial charge in [-0.15, -0.1) is 0 Å². The molecule has 0 aromatic carbocycles. The molecule has 0 N–H and O–H groups in total. The Morgan fingerprint density at radius 2 is 1.74 bits per heavy atom. The Morgan fingerprint density at radius 3 is 2.21 bits per heavy atom. The third-order valence-corrected chi connectivity index (χ3v) is 2.46. The van der Waals surface area contributed by atoms with Crippen LogP contribution in [0.3, 0.4) is 0 Å². The fourth-order valence-corrected chi connectivity index (χ4v) is 1.33. The quantitative estimate of drug-likeness (QED) is 0.540. The number of carbonyl (C=O) groups is 4. The second kappa shape index (κ2) is 5.68. The highest BCUT2D eigenvalue weighted by Gasteiger charge is 2.35. The summed E-state index contributed by atoms with van der Waals surface area (Å²) in [5.74, 6) is -1.77. The molecular formula is C11H15NO7.